The minimum absolute atomic E-state index is 0.167. The number of esters is 1. The summed E-state index contributed by atoms with van der Waals surface area (Å²) in [6.07, 6.45) is 0.671. The molecule has 1 atom stereocenters. The summed E-state index contributed by atoms with van der Waals surface area (Å²) >= 11 is 0. The highest BCUT2D eigenvalue weighted by Crippen LogP contribution is 2.49. The lowest BCUT2D eigenvalue weighted by atomic mass is 9.75. The molecule has 3 heterocycles. The zero-order valence-corrected chi connectivity index (χ0v) is 19.7. The van der Waals surface area contributed by atoms with Crippen molar-refractivity contribution < 1.29 is 33.6 Å². The summed E-state index contributed by atoms with van der Waals surface area (Å²) in [6.45, 7) is 7.01. The molecule has 0 fully saturated rings. The topological polar surface area (TPSA) is 129 Å². The summed E-state index contributed by atoms with van der Waals surface area (Å²) in [5.41, 5.74) is -0.782. The van der Waals surface area contributed by atoms with Gasteiger partial charge in [0.05, 0.1) is 33.1 Å². The van der Waals surface area contributed by atoms with Crippen molar-refractivity contribution in [3.8, 4) is 34.5 Å². The molecule has 10 heteroatoms. The maximum atomic E-state index is 12.8. The van der Waals surface area contributed by atoms with Crippen molar-refractivity contribution in [2.24, 2.45) is 5.41 Å². The number of aromatic amines is 1. The van der Waals surface area contributed by atoms with E-state index in [2.05, 4.69) is 9.97 Å². The standard InChI is InChI=1S/C23H30N2O8/c1-23(2,3)12-11-33-13-10-14(32-9-7-8-29-4)21(30-5)25-17(13)18-15(12)19(26)16(20(27)24-18)22(28)31-6/h10,12H,7-9,11H2,1-6H3,(H2,24,26,27). The van der Waals surface area contributed by atoms with Crippen LogP contribution < -0.4 is 19.8 Å². The van der Waals surface area contributed by atoms with Crippen molar-refractivity contribution in [3.05, 3.63) is 27.5 Å². The Morgan fingerprint density at radius 1 is 1.27 bits per heavy atom. The van der Waals surface area contributed by atoms with Crippen molar-refractivity contribution >= 4 is 5.97 Å². The zero-order chi connectivity index (χ0) is 24.3. The Morgan fingerprint density at radius 2 is 2.00 bits per heavy atom. The van der Waals surface area contributed by atoms with Crippen LogP contribution in [0.2, 0.25) is 0 Å². The number of ether oxygens (including phenoxy) is 5. The molecule has 2 aromatic heterocycles. The van der Waals surface area contributed by atoms with E-state index in [-0.39, 0.29) is 29.8 Å². The minimum atomic E-state index is -0.931. The Hall–Kier alpha value is -3.27. The summed E-state index contributed by atoms with van der Waals surface area (Å²) in [5, 5.41) is 11.1. The second-order valence-corrected chi connectivity index (χ2v) is 8.72. The van der Waals surface area contributed by atoms with Gasteiger partial charge in [0.25, 0.3) is 11.4 Å². The number of H-pyrrole nitrogens is 1. The number of hydrogen-bond donors (Lipinski definition) is 2. The maximum absolute atomic E-state index is 12.8. The molecule has 2 N–H and O–H groups in total. The fraction of sp³-hybridized carbons (Fsp3) is 0.522. The van der Waals surface area contributed by atoms with Gasteiger partial charge in [-0.1, -0.05) is 20.8 Å². The van der Waals surface area contributed by atoms with Gasteiger partial charge in [-0.2, -0.15) is 0 Å². The van der Waals surface area contributed by atoms with E-state index < -0.39 is 28.3 Å². The molecule has 0 bridgehead atoms. The third-order valence-corrected chi connectivity index (χ3v) is 5.52. The second kappa shape index (κ2) is 9.70. The van der Waals surface area contributed by atoms with Crippen LogP contribution in [0.1, 0.15) is 49.0 Å². The van der Waals surface area contributed by atoms with Gasteiger partial charge >= 0.3 is 5.97 Å². The van der Waals surface area contributed by atoms with E-state index in [1.54, 1.807) is 13.2 Å². The first kappa shape index (κ1) is 24.4. The van der Waals surface area contributed by atoms with Crippen LogP contribution in [0.3, 0.4) is 0 Å². The first-order valence-corrected chi connectivity index (χ1v) is 10.5. The normalized spacial score (nSPS) is 15.0. The van der Waals surface area contributed by atoms with Crippen molar-refractivity contribution in [2.45, 2.75) is 33.1 Å². The summed E-state index contributed by atoms with van der Waals surface area (Å²) in [4.78, 5) is 32.2. The molecule has 0 spiro atoms. The van der Waals surface area contributed by atoms with Crippen molar-refractivity contribution in [1.82, 2.24) is 9.97 Å². The molecular weight excluding hydrogens is 432 g/mol. The van der Waals surface area contributed by atoms with Crippen LogP contribution in [0.4, 0.5) is 0 Å². The van der Waals surface area contributed by atoms with E-state index >= 15 is 0 Å². The van der Waals surface area contributed by atoms with E-state index in [1.165, 1.54) is 7.11 Å². The molecule has 1 aliphatic rings. The van der Waals surface area contributed by atoms with Crippen LogP contribution in [-0.2, 0) is 9.47 Å². The second-order valence-electron chi connectivity index (χ2n) is 8.72. The molecule has 2 aromatic rings. The molecule has 0 aliphatic carbocycles. The number of methoxy groups -OCH3 is 3. The first-order valence-electron chi connectivity index (χ1n) is 10.5. The van der Waals surface area contributed by atoms with E-state index in [4.69, 9.17) is 23.7 Å². The lowest BCUT2D eigenvalue weighted by Crippen LogP contribution is -2.27. The van der Waals surface area contributed by atoms with Gasteiger partial charge in [0.2, 0.25) is 0 Å². The fourth-order valence-corrected chi connectivity index (χ4v) is 3.75. The van der Waals surface area contributed by atoms with Crippen LogP contribution in [0.25, 0.3) is 11.4 Å². The molecule has 33 heavy (non-hydrogen) atoms. The summed E-state index contributed by atoms with van der Waals surface area (Å²) in [7, 11) is 4.21. The SMILES string of the molecule is COCCCOc1cc2c(nc1OC)-c1[nH]c(=O)c(C(=O)OC)c(O)c1C(C(C)(C)C)CO2. The highest BCUT2D eigenvalue weighted by molar-refractivity contribution is 5.93. The molecule has 0 aromatic carbocycles. The molecule has 1 aliphatic heterocycles. The lowest BCUT2D eigenvalue weighted by molar-refractivity contribution is 0.0594. The molecule has 0 radical (unpaired) electrons. The average Bonchev–Trinajstić information content (AvgIpc) is 2.92. The highest BCUT2D eigenvalue weighted by Gasteiger charge is 2.38. The van der Waals surface area contributed by atoms with Gasteiger partial charge in [0, 0.05) is 37.7 Å². The largest absolute Gasteiger partial charge is 0.506 e. The Bertz CT molecular complexity index is 1090. The Morgan fingerprint density at radius 3 is 2.61 bits per heavy atom. The number of aromatic nitrogens is 2. The zero-order valence-electron chi connectivity index (χ0n) is 19.7. The summed E-state index contributed by atoms with van der Waals surface area (Å²) in [5.74, 6) is -0.851. The van der Waals surface area contributed by atoms with Crippen LogP contribution >= 0.6 is 0 Å². The maximum Gasteiger partial charge on any atom is 0.347 e. The molecule has 0 amide bonds. The fourth-order valence-electron chi connectivity index (χ4n) is 3.75. The third kappa shape index (κ3) is 4.75. The first-order chi connectivity index (χ1) is 15.6. The monoisotopic (exact) mass is 462 g/mol. The molecule has 3 rings (SSSR count). The van der Waals surface area contributed by atoms with Gasteiger partial charge < -0.3 is 33.8 Å². The van der Waals surface area contributed by atoms with Crippen LogP contribution in [0.5, 0.6) is 23.1 Å². The lowest BCUT2D eigenvalue weighted by Gasteiger charge is -2.31. The van der Waals surface area contributed by atoms with E-state index in [9.17, 15) is 14.7 Å². The number of aromatic hydroxyl groups is 1. The third-order valence-electron chi connectivity index (χ3n) is 5.52. The van der Waals surface area contributed by atoms with Crippen molar-refractivity contribution in [1.29, 1.82) is 0 Å². The number of pyridine rings is 2. The van der Waals surface area contributed by atoms with Gasteiger partial charge in [-0.3, -0.25) is 4.79 Å². The van der Waals surface area contributed by atoms with Crippen molar-refractivity contribution in [2.75, 3.05) is 41.2 Å². The Labute approximate surface area is 191 Å². The highest BCUT2D eigenvalue weighted by atomic mass is 16.5. The number of fused-ring (bicyclic) bond motifs is 3. The summed E-state index contributed by atoms with van der Waals surface area (Å²) < 4.78 is 27.0. The van der Waals surface area contributed by atoms with Gasteiger partial charge in [0.15, 0.2) is 17.1 Å². The number of carbonyl (C=O) groups excluding carboxylic acids is 1. The molecule has 10 nitrogen and oxygen atoms in total. The quantitative estimate of drug-likeness (QED) is 0.471. The Kier molecular flexibility index (Phi) is 7.16. The molecular formula is C23H30N2O8. The van der Waals surface area contributed by atoms with Crippen LogP contribution in [0.15, 0.2) is 10.9 Å². The number of hydrogen-bond acceptors (Lipinski definition) is 9. The van der Waals surface area contributed by atoms with E-state index in [1.807, 2.05) is 20.8 Å². The van der Waals surface area contributed by atoms with Crippen LogP contribution in [0, 0.1) is 5.41 Å². The predicted molar refractivity (Wildman–Crippen MR) is 120 cm³/mol. The summed E-state index contributed by atoms with van der Waals surface area (Å²) in [6, 6.07) is 1.65. The van der Waals surface area contributed by atoms with Crippen molar-refractivity contribution in [3.63, 3.8) is 0 Å². The molecule has 0 saturated carbocycles. The van der Waals surface area contributed by atoms with Gasteiger partial charge in [-0.05, 0) is 5.41 Å². The number of rotatable bonds is 7. The van der Waals surface area contributed by atoms with Crippen LogP contribution in [-0.4, -0.2) is 62.2 Å². The van der Waals surface area contributed by atoms with Gasteiger partial charge in [0.1, 0.15) is 11.4 Å². The molecule has 180 valence electrons. The number of nitrogens with one attached hydrogen (secondary N) is 1. The number of nitrogens with zero attached hydrogens (tertiary/aromatic N) is 1. The predicted octanol–water partition coefficient (Wildman–Crippen LogP) is 2.88. The minimum Gasteiger partial charge on any atom is -0.506 e. The van der Waals surface area contributed by atoms with E-state index in [0.29, 0.717) is 36.7 Å². The molecule has 0 saturated heterocycles. The number of carbonyl (C=O) groups is 1. The average molecular weight is 462 g/mol. The van der Waals surface area contributed by atoms with E-state index in [0.717, 1.165) is 7.11 Å². The Balaban J connectivity index is 2.23. The van der Waals surface area contributed by atoms with Gasteiger partial charge in [-0.25, -0.2) is 9.78 Å². The molecule has 1 unspecified atom stereocenters. The van der Waals surface area contributed by atoms with Gasteiger partial charge in [-0.15, -0.1) is 0 Å². The smallest absolute Gasteiger partial charge is 0.347 e.